The molecule has 0 N–H and O–H groups in total. The van der Waals surface area contributed by atoms with Crippen LogP contribution in [0, 0.1) is 50.0 Å². The summed E-state index contributed by atoms with van der Waals surface area (Å²) in [5.74, 6) is -1.89. The Morgan fingerprint density at radius 2 is 1.12 bits per heavy atom. The van der Waals surface area contributed by atoms with Gasteiger partial charge in [0.15, 0.2) is 23.3 Å². The number of halogens is 4. The molecular weight excluding hydrogens is 412 g/mol. The molecule has 0 atom stereocenters. The van der Waals surface area contributed by atoms with Crippen LogP contribution in [-0.2, 0) is 0 Å². The zero-order valence-corrected chi connectivity index (χ0v) is 19.1. The van der Waals surface area contributed by atoms with Gasteiger partial charge in [-0.15, -0.1) is 0 Å². The second-order valence-corrected chi connectivity index (χ2v) is 8.98. The van der Waals surface area contributed by atoms with Gasteiger partial charge < -0.3 is 0 Å². The van der Waals surface area contributed by atoms with E-state index in [4.69, 9.17) is 0 Å². The third kappa shape index (κ3) is 5.40. The molecule has 0 nitrogen and oxygen atoms in total. The average molecular weight is 443 g/mol. The summed E-state index contributed by atoms with van der Waals surface area (Å²) in [5, 5.41) is 0. The van der Waals surface area contributed by atoms with E-state index in [1.54, 1.807) is 50.2 Å². The van der Waals surface area contributed by atoms with E-state index >= 15 is 0 Å². The molecule has 3 aromatic rings. The standard InChI is InChI=1S/C14H18F2.C14H12F2/c2*1-9-3-6-11(7-4-9)12-8-5-10(2)13(15)14(12)16/h5,8-9,11H,3-4,6-7H2,1-2H3;3-8H,1-2H3. The van der Waals surface area contributed by atoms with Gasteiger partial charge >= 0.3 is 0 Å². The lowest BCUT2D eigenvalue weighted by Crippen LogP contribution is -2.13. The Morgan fingerprint density at radius 1 is 0.594 bits per heavy atom. The first-order valence-electron chi connectivity index (χ1n) is 11.1. The molecule has 170 valence electrons. The summed E-state index contributed by atoms with van der Waals surface area (Å²) in [6, 6.07) is 14.0. The highest BCUT2D eigenvalue weighted by atomic mass is 19.2. The van der Waals surface area contributed by atoms with Crippen molar-refractivity contribution in [1.29, 1.82) is 0 Å². The molecule has 0 aliphatic heterocycles. The maximum atomic E-state index is 13.8. The molecule has 0 spiro atoms. The molecule has 4 heteroatoms. The van der Waals surface area contributed by atoms with Crippen LogP contribution in [0.3, 0.4) is 0 Å². The number of aryl methyl sites for hydroxylation is 3. The van der Waals surface area contributed by atoms with Crippen molar-refractivity contribution in [3.8, 4) is 11.1 Å². The lowest BCUT2D eigenvalue weighted by molar-refractivity contribution is 0.339. The summed E-state index contributed by atoms with van der Waals surface area (Å²) in [6.45, 7) is 7.33. The van der Waals surface area contributed by atoms with Crippen molar-refractivity contribution in [3.63, 3.8) is 0 Å². The topological polar surface area (TPSA) is 0 Å². The van der Waals surface area contributed by atoms with Crippen molar-refractivity contribution in [3.05, 3.63) is 94.1 Å². The SMILES string of the molecule is Cc1ccc(-c2ccc(C)c(F)c2F)cc1.Cc1ccc(C2CCC(C)CC2)c(F)c1F. The minimum atomic E-state index is -0.774. The Morgan fingerprint density at radius 3 is 1.72 bits per heavy atom. The van der Waals surface area contributed by atoms with Gasteiger partial charge in [0, 0.05) is 5.56 Å². The number of benzene rings is 3. The van der Waals surface area contributed by atoms with E-state index in [9.17, 15) is 17.6 Å². The third-order valence-corrected chi connectivity index (χ3v) is 6.40. The zero-order chi connectivity index (χ0) is 23.4. The van der Waals surface area contributed by atoms with Crippen LogP contribution in [0.1, 0.15) is 60.8 Å². The van der Waals surface area contributed by atoms with E-state index in [0.717, 1.165) is 37.2 Å². The van der Waals surface area contributed by atoms with Crippen LogP contribution in [0.5, 0.6) is 0 Å². The fraction of sp³-hybridized carbons (Fsp3) is 0.357. The molecule has 1 saturated carbocycles. The summed E-state index contributed by atoms with van der Waals surface area (Å²) < 4.78 is 54.3. The number of rotatable bonds is 2. The number of hydrogen-bond acceptors (Lipinski definition) is 0. The molecule has 0 radical (unpaired) electrons. The van der Waals surface area contributed by atoms with Crippen molar-refractivity contribution in [2.24, 2.45) is 5.92 Å². The normalized spacial score (nSPS) is 18.1. The fourth-order valence-corrected chi connectivity index (χ4v) is 4.15. The second-order valence-electron chi connectivity index (χ2n) is 8.98. The molecule has 0 bridgehead atoms. The summed E-state index contributed by atoms with van der Waals surface area (Å²) in [7, 11) is 0. The fourth-order valence-electron chi connectivity index (χ4n) is 4.15. The molecule has 1 fully saturated rings. The molecule has 0 amide bonds. The van der Waals surface area contributed by atoms with E-state index in [2.05, 4.69) is 6.92 Å². The maximum Gasteiger partial charge on any atom is 0.166 e. The Bertz CT molecular complexity index is 1060. The van der Waals surface area contributed by atoms with Crippen LogP contribution in [0.15, 0.2) is 48.5 Å². The third-order valence-electron chi connectivity index (χ3n) is 6.40. The van der Waals surface area contributed by atoms with E-state index in [1.165, 1.54) is 0 Å². The first-order chi connectivity index (χ1) is 15.2. The molecule has 1 aliphatic rings. The van der Waals surface area contributed by atoms with E-state index in [-0.39, 0.29) is 5.92 Å². The monoisotopic (exact) mass is 442 g/mol. The Labute approximate surface area is 188 Å². The molecule has 0 saturated heterocycles. The van der Waals surface area contributed by atoms with Crippen molar-refractivity contribution >= 4 is 0 Å². The highest BCUT2D eigenvalue weighted by Gasteiger charge is 2.24. The Kier molecular flexibility index (Phi) is 7.76. The zero-order valence-electron chi connectivity index (χ0n) is 19.1. The van der Waals surface area contributed by atoms with E-state index in [0.29, 0.717) is 27.8 Å². The lowest BCUT2D eigenvalue weighted by atomic mass is 9.79. The van der Waals surface area contributed by atoms with Gasteiger partial charge in [0.1, 0.15) is 0 Å². The van der Waals surface area contributed by atoms with Gasteiger partial charge in [-0.25, -0.2) is 17.6 Å². The Balaban J connectivity index is 0.000000181. The van der Waals surface area contributed by atoms with Gasteiger partial charge in [0.05, 0.1) is 0 Å². The smallest absolute Gasteiger partial charge is 0.166 e. The lowest BCUT2D eigenvalue weighted by Gasteiger charge is -2.26. The predicted octanol–water partition coefficient (Wildman–Crippen LogP) is 8.82. The van der Waals surface area contributed by atoms with Crippen LogP contribution in [0.25, 0.3) is 11.1 Å². The molecule has 0 heterocycles. The highest BCUT2D eigenvalue weighted by Crippen LogP contribution is 2.37. The second kappa shape index (κ2) is 10.3. The van der Waals surface area contributed by atoms with Gasteiger partial charge in [-0.05, 0) is 67.7 Å². The summed E-state index contributed by atoms with van der Waals surface area (Å²) in [4.78, 5) is 0. The van der Waals surface area contributed by atoms with Crippen molar-refractivity contribution in [2.75, 3.05) is 0 Å². The van der Waals surface area contributed by atoms with Crippen molar-refractivity contribution in [1.82, 2.24) is 0 Å². The minimum Gasteiger partial charge on any atom is -0.203 e. The minimum absolute atomic E-state index is 0.214. The van der Waals surface area contributed by atoms with Gasteiger partial charge in [-0.3, -0.25) is 0 Å². The molecule has 0 unspecified atom stereocenters. The van der Waals surface area contributed by atoms with Crippen molar-refractivity contribution < 1.29 is 17.6 Å². The first-order valence-corrected chi connectivity index (χ1v) is 11.1. The molecular formula is C28H30F4. The van der Waals surface area contributed by atoms with Gasteiger partial charge in [-0.1, -0.05) is 73.9 Å². The molecule has 0 aromatic heterocycles. The molecule has 3 aromatic carbocycles. The van der Waals surface area contributed by atoms with Crippen molar-refractivity contribution in [2.45, 2.75) is 59.3 Å². The van der Waals surface area contributed by atoms with Gasteiger partial charge in [0.25, 0.3) is 0 Å². The van der Waals surface area contributed by atoms with E-state index in [1.807, 2.05) is 19.1 Å². The summed E-state index contributed by atoms with van der Waals surface area (Å²) in [6.07, 6.45) is 4.22. The highest BCUT2D eigenvalue weighted by molar-refractivity contribution is 5.65. The molecule has 4 rings (SSSR count). The average Bonchev–Trinajstić information content (AvgIpc) is 2.78. The predicted molar refractivity (Wildman–Crippen MR) is 123 cm³/mol. The maximum absolute atomic E-state index is 13.8. The molecule has 32 heavy (non-hydrogen) atoms. The van der Waals surface area contributed by atoms with Crippen LogP contribution in [-0.4, -0.2) is 0 Å². The van der Waals surface area contributed by atoms with Crippen LogP contribution in [0.2, 0.25) is 0 Å². The quantitative estimate of drug-likeness (QED) is 0.348. The molecule has 1 aliphatic carbocycles. The first kappa shape index (κ1) is 24.0. The van der Waals surface area contributed by atoms with E-state index < -0.39 is 23.3 Å². The summed E-state index contributed by atoms with van der Waals surface area (Å²) >= 11 is 0. The van der Waals surface area contributed by atoms with Gasteiger partial charge in [0.2, 0.25) is 0 Å². The Hall–Kier alpha value is -2.62. The largest absolute Gasteiger partial charge is 0.203 e. The van der Waals surface area contributed by atoms with Crippen LogP contribution in [0.4, 0.5) is 17.6 Å². The van der Waals surface area contributed by atoms with Crippen LogP contribution >= 0.6 is 0 Å². The van der Waals surface area contributed by atoms with Crippen LogP contribution < -0.4 is 0 Å². The number of hydrogen-bond donors (Lipinski definition) is 0. The van der Waals surface area contributed by atoms with Gasteiger partial charge in [-0.2, -0.15) is 0 Å². The summed E-state index contributed by atoms with van der Waals surface area (Å²) in [5.41, 5.74) is 3.40.